The number of rotatable bonds is 2. The van der Waals surface area contributed by atoms with E-state index in [0.29, 0.717) is 12.3 Å². The molecule has 1 aromatic rings. The van der Waals surface area contributed by atoms with Gasteiger partial charge in [0.1, 0.15) is 6.10 Å². The zero-order chi connectivity index (χ0) is 13.9. The molecule has 1 aliphatic carbocycles. The van der Waals surface area contributed by atoms with Gasteiger partial charge < -0.3 is 5.11 Å². The van der Waals surface area contributed by atoms with Crippen LogP contribution in [-0.4, -0.2) is 21.9 Å². The van der Waals surface area contributed by atoms with Crippen LogP contribution in [0.15, 0.2) is 53.2 Å². The monoisotopic (exact) mass is 256 g/mol. The van der Waals surface area contributed by atoms with Crippen molar-refractivity contribution in [3.63, 3.8) is 0 Å². The Morgan fingerprint density at radius 1 is 1.32 bits per heavy atom. The molecule has 0 fully saturated rings. The van der Waals surface area contributed by atoms with Gasteiger partial charge >= 0.3 is 0 Å². The van der Waals surface area contributed by atoms with E-state index in [1.807, 2.05) is 30.4 Å². The van der Waals surface area contributed by atoms with E-state index in [2.05, 4.69) is 30.7 Å². The predicted octanol–water partition coefficient (Wildman–Crippen LogP) is 2.93. The van der Waals surface area contributed by atoms with Crippen molar-refractivity contribution in [1.29, 1.82) is 0 Å². The summed E-state index contributed by atoms with van der Waals surface area (Å²) in [6.07, 6.45) is 6.88. The first-order valence-electron chi connectivity index (χ1n) is 6.49. The van der Waals surface area contributed by atoms with Crippen molar-refractivity contribution in [2.75, 3.05) is 0 Å². The molecule has 0 aliphatic heterocycles. The number of aromatic nitrogens is 1. The number of aliphatic hydroxyl groups excluding tert-OH is 1. The Kier molecular flexibility index (Phi) is 3.96. The lowest BCUT2D eigenvalue weighted by Crippen LogP contribution is -2.22. The number of pyridine rings is 1. The van der Waals surface area contributed by atoms with Gasteiger partial charge in [-0.3, -0.25) is 9.98 Å². The quantitative estimate of drug-likeness (QED) is 0.884. The molecule has 1 unspecified atom stereocenters. The highest BCUT2D eigenvalue weighted by atomic mass is 16.3. The van der Waals surface area contributed by atoms with E-state index in [-0.39, 0.29) is 5.41 Å². The molecule has 0 saturated carbocycles. The third-order valence-electron chi connectivity index (χ3n) is 3.08. The van der Waals surface area contributed by atoms with Gasteiger partial charge in [0.05, 0.1) is 18.0 Å². The number of hydrogen-bond acceptors (Lipinski definition) is 3. The Labute approximate surface area is 114 Å². The molecule has 3 nitrogen and oxygen atoms in total. The molecule has 1 heterocycles. The summed E-state index contributed by atoms with van der Waals surface area (Å²) in [5.74, 6) is 0. The Morgan fingerprint density at radius 2 is 2.11 bits per heavy atom. The molecule has 0 spiro atoms. The maximum atomic E-state index is 9.95. The lowest BCUT2D eigenvalue weighted by Gasteiger charge is -2.24. The van der Waals surface area contributed by atoms with Crippen molar-refractivity contribution in [2.24, 2.45) is 10.4 Å². The van der Waals surface area contributed by atoms with Gasteiger partial charge in [-0.25, -0.2) is 0 Å². The van der Waals surface area contributed by atoms with Crippen LogP contribution in [0.2, 0.25) is 0 Å². The van der Waals surface area contributed by atoms with Crippen LogP contribution in [0.1, 0.15) is 26.5 Å². The van der Waals surface area contributed by atoms with Crippen LogP contribution in [0.4, 0.5) is 0 Å². The molecule has 0 aromatic carbocycles. The highest BCUT2D eigenvalue weighted by molar-refractivity contribution is 6.01. The van der Waals surface area contributed by atoms with E-state index in [9.17, 15) is 5.11 Å². The number of aliphatic imine (C=N–C) groups is 1. The minimum absolute atomic E-state index is 0.0579. The van der Waals surface area contributed by atoms with E-state index in [0.717, 1.165) is 5.69 Å². The summed E-state index contributed by atoms with van der Waals surface area (Å²) in [7, 11) is 0. The number of nitrogens with zero attached hydrogens (tertiary/aromatic N) is 2. The highest BCUT2D eigenvalue weighted by Gasteiger charge is 2.20. The van der Waals surface area contributed by atoms with Gasteiger partial charge in [-0.1, -0.05) is 32.9 Å². The first-order valence-corrected chi connectivity index (χ1v) is 6.49. The molecule has 0 bridgehead atoms. The molecule has 2 rings (SSSR count). The molecule has 1 aliphatic rings. The Hall–Kier alpha value is -1.74. The van der Waals surface area contributed by atoms with Crippen molar-refractivity contribution >= 4 is 5.71 Å². The lowest BCUT2D eigenvalue weighted by atomic mass is 9.83. The van der Waals surface area contributed by atoms with Crippen LogP contribution in [0.5, 0.6) is 0 Å². The number of allylic oxidation sites excluding steroid dienone is 2. The van der Waals surface area contributed by atoms with Crippen LogP contribution in [0, 0.1) is 5.41 Å². The number of hydrogen-bond donors (Lipinski definition) is 1. The smallest absolute Gasteiger partial charge is 0.114 e. The zero-order valence-corrected chi connectivity index (χ0v) is 11.7. The van der Waals surface area contributed by atoms with Gasteiger partial charge in [0, 0.05) is 6.20 Å². The second-order valence-electron chi connectivity index (χ2n) is 5.72. The molecule has 0 saturated heterocycles. The Morgan fingerprint density at radius 3 is 2.74 bits per heavy atom. The van der Waals surface area contributed by atoms with Crippen LogP contribution in [-0.2, 0) is 6.54 Å². The first-order chi connectivity index (χ1) is 8.97. The fourth-order valence-corrected chi connectivity index (χ4v) is 1.86. The summed E-state index contributed by atoms with van der Waals surface area (Å²) in [6, 6.07) is 5.76. The summed E-state index contributed by atoms with van der Waals surface area (Å²) in [5, 5.41) is 9.95. The average molecular weight is 256 g/mol. The van der Waals surface area contributed by atoms with Crippen LogP contribution < -0.4 is 0 Å². The van der Waals surface area contributed by atoms with Gasteiger partial charge in [0.25, 0.3) is 0 Å². The minimum Gasteiger partial charge on any atom is -0.383 e. The largest absolute Gasteiger partial charge is 0.383 e. The topological polar surface area (TPSA) is 45.5 Å². The summed E-state index contributed by atoms with van der Waals surface area (Å²) >= 11 is 0. The van der Waals surface area contributed by atoms with Crippen molar-refractivity contribution < 1.29 is 5.11 Å². The van der Waals surface area contributed by atoms with Crippen LogP contribution in [0.25, 0.3) is 0 Å². The third kappa shape index (κ3) is 3.61. The summed E-state index contributed by atoms with van der Waals surface area (Å²) in [4.78, 5) is 8.70. The minimum atomic E-state index is -0.616. The zero-order valence-electron chi connectivity index (χ0n) is 11.7. The highest BCUT2D eigenvalue weighted by Crippen LogP contribution is 2.28. The molecular weight excluding hydrogens is 236 g/mol. The van der Waals surface area contributed by atoms with Gasteiger partial charge in [-0.15, -0.1) is 0 Å². The fraction of sp³-hybridized carbons (Fsp3) is 0.375. The summed E-state index contributed by atoms with van der Waals surface area (Å²) < 4.78 is 0. The van der Waals surface area contributed by atoms with Gasteiger partial charge in [-0.05, 0) is 35.3 Å². The Balaban J connectivity index is 2.19. The predicted molar refractivity (Wildman–Crippen MR) is 78.1 cm³/mol. The van der Waals surface area contributed by atoms with E-state index >= 15 is 0 Å². The van der Waals surface area contributed by atoms with E-state index < -0.39 is 6.10 Å². The molecule has 1 aromatic heterocycles. The standard InChI is InChI=1S/C16H20N2O/c1-16(2,3)12-7-8-15(19)14(10-12)18-11-13-6-4-5-9-17-13/h4-10,15,19H,11H2,1-3H3. The molecule has 100 valence electrons. The summed E-state index contributed by atoms with van der Waals surface area (Å²) in [5.41, 5.74) is 2.85. The second-order valence-corrected chi connectivity index (χ2v) is 5.72. The first kappa shape index (κ1) is 13.7. The maximum absolute atomic E-state index is 9.95. The van der Waals surface area contributed by atoms with E-state index in [1.165, 1.54) is 5.57 Å². The van der Waals surface area contributed by atoms with Crippen LogP contribution >= 0.6 is 0 Å². The van der Waals surface area contributed by atoms with Crippen molar-refractivity contribution in [2.45, 2.75) is 33.4 Å². The molecule has 3 heteroatoms. The SMILES string of the molecule is CC(C)(C)C1=CC(=NCc2ccccn2)C(O)C=C1. The van der Waals surface area contributed by atoms with E-state index in [1.54, 1.807) is 12.3 Å². The van der Waals surface area contributed by atoms with Gasteiger partial charge in [0.2, 0.25) is 0 Å². The number of aliphatic hydroxyl groups is 1. The van der Waals surface area contributed by atoms with Crippen molar-refractivity contribution in [3.8, 4) is 0 Å². The van der Waals surface area contributed by atoms with Gasteiger partial charge in [0.15, 0.2) is 0 Å². The third-order valence-corrected chi connectivity index (χ3v) is 3.08. The maximum Gasteiger partial charge on any atom is 0.114 e. The molecule has 0 amide bonds. The fourth-order valence-electron chi connectivity index (χ4n) is 1.86. The van der Waals surface area contributed by atoms with E-state index in [4.69, 9.17) is 0 Å². The normalized spacial score (nSPS) is 21.6. The average Bonchev–Trinajstić information content (AvgIpc) is 2.37. The second kappa shape index (κ2) is 5.49. The summed E-state index contributed by atoms with van der Waals surface area (Å²) in [6.45, 7) is 6.95. The molecule has 1 N–H and O–H groups in total. The molecular formula is C16H20N2O. The molecule has 1 atom stereocenters. The van der Waals surface area contributed by atoms with Crippen LogP contribution in [0.3, 0.4) is 0 Å². The van der Waals surface area contributed by atoms with Crippen molar-refractivity contribution in [1.82, 2.24) is 4.98 Å². The molecule has 0 radical (unpaired) electrons. The lowest BCUT2D eigenvalue weighted by molar-refractivity contribution is 0.288. The van der Waals surface area contributed by atoms with Gasteiger partial charge in [-0.2, -0.15) is 0 Å². The van der Waals surface area contributed by atoms with Crippen molar-refractivity contribution in [3.05, 3.63) is 53.9 Å². The molecule has 19 heavy (non-hydrogen) atoms. The Bertz CT molecular complexity index is 521.